The zero-order chi connectivity index (χ0) is 15.9. The molecular formula is C19H27NO2. The van der Waals surface area contributed by atoms with Crippen molar-refractivity contribution in [3.05, 3.63) is 35.4 Å². The summed E-state index contributed by atoms with van der Waals surface area (Å²) in [5.41, 5.74) is 2.30. The van der Waals surface area contributed by atoms with Gasteiger partial charge in [-0.05, 0) is 58.1 Å². The molecule has 2 heterocycles. The summed E-state index contributed by atoms with van der Waals surface area (Å²) >= 11 is 0. The Kier molecular flexibility index (Phi) is 4.02. The van der Waals surface area contributed by atoms with Crippen LogP contribution in [-0.4, -0.2) is 28.6 Å². The van der Waals surface area contributed by atoms with E-state index in [1.807, 2.05) is 20.8 Å². The minimum absolute atomic E-state index is 0.0687. The molecule has 0 bridgehead atoms. The standard InChI is InChI=1S/C19H27NO2/c1-13-8-7-11-16-15-10-6-5-9-14(15)12-17(20(13)16)18(21)22-19(2,3)4/h5-6,9-10,13,16-17H,7-8,11-12H2,1-4H3/t13?,16?,17-/m0/s1. The molecule has 0 aromatic heterocycles. The summed E-state index contributed by atoms with van der Waals surface area (Å²) in [6.07, 6.45) is 4.31. The molecule has 3 atom stereocenters. The first-order valence-corrected chi connectivity index (χ1v) is 8.45. The SMILES string of the molecule is CC1CCCC2c3ccccc3C[C@@H](C(=O)OC(C)(C)C)N12. The van der Waals surface area contributed by atoms with Crippen molar-refractivity contribution in [3.63, 3.8) is 0 Å². The van der Waals surface area contributed by atoms with Gasteiger partial charge in [-0.25, -0.2) is 0 Å². The highest BCUT2D eigenvalue weighted by molar-refractivity contribution is 5.77. The van der Waals surface area contributed by atoms with Gasteiger partial charge in [0.05, 0.1) is 0 Å². The Morgan fingerprint density at radius 3 is 2.68 bits per heavy atom. The molecule has 1 saturated heterocycles. The quantitative estimate of drug-likeness (QED) is 0.738. The molecule has 0 N–H and O–H groups in total. The molecular weight excluding hydrogens is 274 g/mol. The van der Waals surface area contributed by atoms with Gasteiger partial charge >= 0.3 is 5.97 Å². The van der Waals surface area contributed by atoms with Gasteiger partial charge in [0.2, 0.25) is 0 Å². The van der Waals surface area contributed by atoms with Crippen LogP contribution in [0.1, 0.15) is 64.1 Å². The van der Waals surface area contributed by atoms with Crippen LogP contribution in [0.5, 0.6) is 0 Å². The molecule has 2 aliphatic rings. The van der Waals surface area contributed by atoms with E-state index < -0.39 is 5.60 Å². The molecule has 0 radical (unpaired) electrons. The molecule has 120 valence electrons. The number of hydrogen-bond donors (Lipinski definition) is 0. The second-order valence-electron chi connectivity index (χ2n) is 7.70. The van der Waals surface area contributed by atoms with E-state index in [2.05, 4.69) is 36.1 Å². The summed E-state index contributed by atoms with van der Waals surface area (Å²) in [4.78, 5) is 15.2. The molecule has 22 heavy (non-hydrogen) atoms. The van der Waals surface area contributed by atoms with E-state index in [1.165, 1.54) is 17.5 Å². The van der Waals surface area contributed by atoms with E-state index in [4.69, 9.17) is 4.74 Å². The van der Waals surface area contributed by atoms with Crippen molar-refractivity contribution in [2.75, 3.05) is 0 Å². The smallest absolute Gasteiger partial charge is 0.324 e. The van der Waals surface area contributed by atoms with Gasteiger partial charge in [0.15, 0.2) is 0 Å². The average Bonchev–Trinajstić information content (AvgIpc) is 2.45. The Hall–Kier alpha value is -1.35. The zero-order valence-corrected chi connectivity index (χ0v) is 14.1. The maximum Gasteiger partial charge on any atom is 0.324 e. The highest BCUT2D eigenvalue weighted by Gasteiger charge is 2.43. The molecule has 3 rings (SSSR count). The van der Waals surface area contributed by atoms with E-state index in [0.29, 0.717) is 12.1 Å². The summed E-state index contributed by atoms with van der Waals surface area (Å²) in [6.45, 7) is 8.08. The fourth-order valence-electron chi connectivity index (χ4n) is 3.99. The lowest BCUT2D eigenvalue weighted by atomic mass is 9.81. The second-order valence-corrected chi connectivity index (χ2v) is 7.70. The Labute approximate surface area is 133 Å². The summed E-state index contributed by atoms with van der Waals surface area (Å²) in [5.74, 6) is -0.0687. The first kappa shape index (κ1) is 15.5. The van der Waals surface area contributed by atoms with Crippen LogP contribution >= 0.6 is 0 Å². The van der Waals surface area contributed by atoms with Gasteiger partial charge in [-0.15, -0.1) is 0 Å². The molecule has 3 nitrogen and oxygen atoms in total. The molecule has 1 aromatic carbocycles. The molecule has 0 amide bonds. The number of piperidine rings is 1. The Morgan fingerprint density at radius 1 is 1.23 bits per heavy atom. The van der Waals surface area contributed by atoms with E-state index in [-0.39, 0.29) is 12.0 Å². The van der Waals surface area contributed by atoms with Gasteiger partial charge in [-0.2, -0.15) is 0 Å². The molecule has 0 spiro atoms. The number of fused-ring (bicyclic) bond motifs is 3. The lowest BCUT2D eigenvalue weighted by Crippen LogP contribution is -2.55. The van der Waals surface area contributed by atoms with Crippen LogP contribution in [0.15, 0.2) is 24.3 Å². The summed E-state index contributed by atoms with van der Waals surface area (Å²) in [6, 6.07) is 9.25. The third-order valence-corrected chi connectivity index (χ3v) is 4.83. The van der Waals surface area contributed by atoms with Crippen molar-refractivity contribution in [2.45, 2.75) is 77.1 Å². The number of nitrogens with zero attached hydrogens (tertiary/aromatic N) is 1. The number of esters is 1. The summed E-state index contributed by atoms with van der Waals surface area (Å²) in [5, 5.41) is 0. The monoisotopic (exact) mass is 301 g/mol. The van der Waals surface area contributed by atoms with Gasteiger partial charge in [-0.1, -0.05) is 30.7 Å². The molecule has 0 saturated carbocycles. The maximum absolute atomic E-state index is 12.8. The predicted molar refractivity (Wildman–Crippen MR) is 87.7 cm³/mol. The Balaban J connectivity index is 1.95. The fraction of sp³-hybridized carbons (Fsp3) is 0.632. The second kappa shape index (κ2) is 5.69. The fourth-order valence-corrected chi connectivity index (χ4v) is 3.99. The van der Waals surface area contributed by atoms with E-state index in [0.717, 1.165) is 19.3 Å². The third-order valence-electron chi connectivity index (χ3n) is 4.83. The van der Waals surface area contributed by atoms with Crippen LogP contribution in [0.3, 0.4) is 0 Å². The molecule has 1 aromatic rings. The van der Waals surface area contributed by atoms with Crippen molar-refractivity contribution in [3.8, 4) is 0 Å². The number of rotatable bonds is 1. The van der Waals surface area contributed by atoms with Gasteiger partial charge in [-0.3, -0.25) is 9.69 Å². The van der Waals surface area contributed by atoms with Crippen LogP contribution in [0.25, 0.3) is 0 Å². The first-order valence-electron chi connectivity index (χ1n) is 8.45. The van der Waals surface area contributed by atoms with E-state index >= 15 is 0 Å². The van der Waals surface area contributed by atoms with E-state index in [9.17, 15) is 4.79 Å². The van der Waals surface area contributed by atoms with Crippen molar-refractivity contribution in [1.82, 2.24) is 4.90 Å². The normalized spacial score (nSPS) is 28.6. The van der Waals surface area contributed by atoms with Gasteiger partial charge in [0, 0.05) is 12.1 Å². The predicted octanol–water partition coefficient (Wildman–Crippen LogP) is 3.87. The largest absolute Gasteiger partial charge is 0.459 e. The number of benzene rings is 1. The topological polar surface area (TPSA) is 29.5 Å². The van der Waals surface area contributed by atoms with Crippen LogP contribution in [0, 0.1) is 0 Å². The summed E-state index contributed by atoms with van der Waals surface area (Å²) in [7, 11) is 0. The molecule has 1 fully saturated rings. The lowest BCUT2D eigenvalue weighted by Gasteiger charge is -2.48. The zero-order valence-electron chi connectivity index (χ0n) is 14.1. The van der Waals surface area contributed by atoms with E-state index in [1.54, 1.807) is 0 Å². The average molecular weight is 301 g/mol. The number of hydrogen-bond acceptors (Lipinski definition) is 3. The molecule has 2 aliphatic heterocycles. The van der Waals surface area contributed by atoms with Crippen LogP contribution in [-0.2, 0) is 16.0 Å². The van der Waals surface area contributed by atoms with Crippen LogP contribution in [0.2, 0.25) is 0 Å². The highest BCUT2D eigenvalue weighted by Crippen LogP contribution is 2.42. The van der Waals surface area contributed by atoms with Crippen molar-refractivity contribution < 1.29 is 9.53 Å². The van der Waals surface area contributed by atoms with Crippen molar-refractivity contribution in [1.29, 1.82) is 0 Å². The van der Waals surface area contributed by atoms with Crippen molar-refractivity contribution >= 4 is 5.97 Å². The number of carbonyl (C=O) groups is 1. The van der Waals surface area contributed by atoms with Gasteiger partial charge in [0.25, 0.3) is 0 Å². The third kappa shape index (κ3) is 2.91. The van der Waals surface area contributed by atoms with Crippen molar-refractivity contribution in [2.24, 2.45) is 0 Å². The Morgan fingerprint density at radius 2 is 1.95 bits per heavy atom. The number of ether oxygens (including phenoxy) is 1. The number of carbonyl (C=O) groups excluding carboxylic acids is 1. The first-order chi connectivity index (χ1) is 10.4. The molecule has 3 heteroatoms. The van der Waals surface area contributed by atoms with Gasteiger partial charge in [0.1, 0.15) is 11.6 Å². The minimum atomic E-state index is -0.428. The molecule has 0 aliphatic carbocycles. The highest BCUT2D eigenvalue weighted by atomic mass is 16.6. The lowest BCUT2D eigenvalue weighted by molar-refractivity contribution is -0.165. The molecule has 2 unspecified atom stereocenters. The van der Waals surface area contributed by atoms with Gasteiger partial charge < -0.3 is 4.74 Å². The van der Waals surface area contributed by atoms with Crippen LogP contribution < -0.4 is 0 Å². The Bertz CT molecular complexity index is 561. The maximum atomic E-state index is 12.8. The summed E-state index contributed by atoms with van der Waals surface area (Å²) < 4.78 is 5.71. The minimum Gasteiger partial charge on any atom is -0.459 e. The van der Waals surface area contributed by atoms with Crippen LogP contribution in [0.4, 0.5) is 0 Å².